The molecule has 4 rings (SSSR count). The van der Waals surface area contributed by atoms with E-state index < -0.39 is 5.54 Å². The van der Waals surface area contributed by atoms with E-state index in [9.17, 15) is 9.59 Å². The van der Waals surface area contributed by atoms with Crippen molar-refractivity contribution >= 4 is 33.5 Å². The van der Waals surface area contributed by atoms with Crippen molar-refractivity contribution in [3.05, 3.63) is 29.3 Å². The van der Waals surface area contributed by atoms with Crippen LogP contribution in [0.25, 0.3) is 10.2 Å². The summed E-state index contributed by atoms with van der Waals surface area (Å²) in [5.74, 6) is 0.180. The number of imide groups is 1. The van der Waals surface area contributed by atoms with E-state index in [0.717, 1.165) is 28.1 Å². The number of para-hydroxylation sites is 1. The molecule has 2 fully saturated rings. The minimum atomic E-state index is -0.714. The van der Waals surface area contributed by atoms with Crippen molar-refractivity contribution in [2.75, 3.05) is 13.7 Å². The Kier molecular flexibility index (Phi) is 3.58. The molecule has 0 bridgehead atoms. The first kappa shape index (κ1) is 15.5. The normalized spacial score (nSPS) is 24.2. The fraction of sp³-hybridized carbons (Fsp3) is 0.471. The largest absolute Gasteiger partial charge is 0.326 e. The highest BCUT2D eigenvalue weighted by Crippen LogP contribution is 2.42. The molecular formula is C17H20N4O2S. The summed E-state index contributed by atoms with van der Waals surface area (Å²) in [6, 6.07) is 7.73. The Labute approximate surface area is 144 Å². The molecule has 3 amide bonds. The van der Waals surface area contributed by atoms with Gasteiger partial charge in [0.05, 0.1) is 23.4 Å². The molecule has 1 saturated carbocycles. The first-order chi connectivity index (χ1) is 11.5. The Morgan fingerprint density at radius 2 is 2.12 bits per heavy atom. The molecule has 1 N–H and O–H groups in total. The average Bonchev–Trinajstić information content (AvgIpc) is 3.28. The summed E-state index contributed by atoms with van der Waals surface area (Å²) >= 11 is 1.64. The summed E-state index contributed by atoms with van der Waals surface area (Å²) in [6.45, 7) is 2.73. The first-order valence-corrected chi connectivity index (χ1v) is 8.96. The van der Waals surface area contributed by atoms with Crippen LogP contribution in [0, 0.1) is 5.92 Å². The summed E-state index contributed by atoms with van der Waals surface area (Å²) in [5.41, 5.74) is 0.274. The van der Waals surface area contributed by atoms with Crippen molar-refractivity contribution in [1.29, 1.82) is 0 Å². The van der Waals surface area contributed by atoms with Crippen LogP contribution in [0.1, 0.15) is 24.8 Å². The monoisotopic (exact) mass is 344 g/mol. The molecule has 24 heavy (non-hydrogen) atoms. The van der Waals surface area contributed by atoms with Crippen molar-refractivity contribution in [2.45, 2.75) is 31.8 Å². The maximum Gasteiger partial charge on any atom is 0.326 e. The van der Waals surface area contributed by atoms with Gasteiger partial charge in [0.1, 0.15) is 10.5 Å². The SMILES string of the molecule is CN(Cc1nc2ccccc2s1)CN1C(=O)N[C@](C)(C2CC2)C1=O. The third-order valence-corrected chi connectivity index (χ3v) is 5.84. The zero-order valence-electron chi connectivity index (χ0n) is 13.8. The number of carbonyl (C=O) groups is 2. The highest BCUT2D eigenvalue weighted by Gasteiger charge is 2.56. The van der Waals surface area contributed by atoms with Crippen LogP contribution in [-0.4, -0.2) is 46.0 Å². The number of benzene rings is 1. The molecule has 7 heteroatoms. The van der Waals surface area contributed by atoms with E-state index >= 15 is 0 Å². The van der Waals surface area contributed by atoms with Crippen LogP contribution >= 0.6 is 11.3 Å². The van der Waals surface area contributed by atoms with E-state index in [2.05, 4.69) is 16.4 Å². The first-order valence-electron chi connectivity index (χ1n) is 8.14. The van der Waals surface area contributed by atoms with Gasteiger partial charge in [-0.25, -0.2) is 14.7 Å². The number of thiazole rings is 1. The van der Waals surface area contributed by atoms with Gasteiger partial charge in [-0.1, -0.05) is 12.1 Å². The van der Waals surface area contributed by atoms with Gasteiger partial charge in [0.15, 0.2) is 0 Å². The van der Waals surface area contributed by atoms with Crippen LogP contribution in [0.5, 0.6) is 0 Å². The lowest BCUT2D eigenvalue weighted by molar-refractivity contribution is -0.132. The molecule has 1 aromatic heterocycles. The average molecular weight is 344 g/mol. The Hall–Kier alpha value is -1.99. The molecule has 1 aliphatic carbocycles. The number of amides is 3. The van der Waals surface area contributed by atoms with Crippen LogP contribution < -0.4 is 5.32 Å². The number of hydrogen-bond acceptors (Lipinski definition) is 5. The molecule has 126 valence electrons. The second-order valence-electron chi connectivity index (χ2n) is 6.87. The van der Waals surface area contributed by atoms with Crippen LogP contribution in [0.2, 0.25) is 0 Å². The zero-order chi connectivity index (χ0) is 16.9. The summed E-state index contributed by atoms with van der Waals surface area (Å²) in [6.07, 6.45) is 2.02. The lowest BCUT2D eigenvalue weighted by Gasteiger charge is -2.23. The standard InChI is InChI=1S/C17H20N4O2S/c1-17(11-7-8-11)15(22)21(16(23)19-17)10-20(2)9-14-18-12-5-3-4-6-13(12)24-14/h3-6,11H,7-10H2,1-2H3,(H,19,23)/t17-/m1/s1. The molecule has 1 atom stereocenters. The van der Waals surface area contributed by atoms with Gasteiger partial charge < -0.3 is 5.32 Å². The number of nitrogens with zero attached hydrogens (tertiary/aromatic N) is 3. The van der Waals surface area contributed by atoms with E-state index in [-0.39, 0.29) is 24.5 Å². The Morgan fingerprint density at radius 3 is 2.83 bits per heavy atom. The topological polar surface area (TPSA) is 65.5 Å². The second-order valence-corrected chi connectivity index (χ2v) is 7.99. The minimum absolute atomic E-state index is 0.105. The molecule has 1 saturated heterocycles. The van der Waals surface area contributed by atoms with Gasteiger partial charge in [-0.15, -0.1) is 11.3 Å². The molecular weight excluding hydrogens is 324 g/mol. The van der Waals surface area contributed by atoms with Crippen molar-refractivity contribution in [3.63, 3.8) is 0 Å². The summed E-state index contributed by atoms with van der Waals surface area (Å²) in [5, 5.41) is 3.86. The van der Waals surface area contributed by atoms with Crippen LogP contribution in [0.4, 0.5) is 4.79 Å². The summed E-state index contributed by atoms with van der Waals surface area (Å²) in [4.78, 5) is 32.7. The van der Waals surface area contributed by atoms with Crippen molar-refractivity contribution in [2.24, 2.45) is 5.92 Å². The van der Waals surface area contributed by atoms with Gasteiger partial charge in [-0.2, -0.15) is 0 Å². The fourth-order valence-corrected chi connectivity index (χ4v) is 4.34. The smallest absolute Gasteiger partial charge is 0.323 e. The van der Waals surface area contributed by atoms with Crippen LogP contribution in [0.15, 0.2) is 24.3 Å². The number of hydrogen-bond donors (Lipinski definition) is 1. The van der Waals surface area contributed by atoms with Gasteiger partial charge in [0.25, 0.3) is 5.91 Å². The molecule has 2 heterocycles. The van der Waals surface area contributed by atoms with E-state index in [0.29, 0.717) is 6.54 Å². The van der Waals surface area contributed by atoms with Crippen LogP contribution in [-0.2, 0) is 11.3 Å². The molecule has 0 radical (unpaired) electrons. The minimum Gasteiger partial charge on any atom is -0.323 e. The van der Waals surface area contributed by atoms with Crippen molar-refractivity contribution in [3.8, 4) is 0 Å². The number of aromatic nitrogens is 1. The maximum absolute atomic E-state index is 12.7. The van der Waals surface area contributed by atoms with E-state index in [4.69, 9.17) is 0 Å². The van der Waals surface area contributed by atoms with Crippen LogP contribution in [0.3, 0.4) is 0 Å². The Morgan fingerprint density at radius 1 is 1.38 bits per heavy atom. The highest BCUT2D eigenvalue weighted by atomic mass is 32.1. The van der Waals surface area contributed by atoms with Gasteiger partial charge in [-0.3, -0.25) is 9.69 Å². The zero-order valence-corrected chi connectivity index (χ0v) is 14.6. The number of carbonyl (C=O) groups excluding carboxylic acids is 2. The van der Waals surface area contributed by atoms with Gasteiger partial charge in [0.2, 0.25) is 0 Å². The fourth-order valence-electron chi connectivity index (χ4n) is 3.29. The Balaban J connectivity index is 1.44. The third-order valence-electron chi connectivity index (χ3n) is 4.82. The number of rotatable bonds is 5. The summed E-state index contributed by atoms with van der Waals surface area (Å²) in [7, 11) is 1.90. The third kappa shape index (κ3) is 2.57. The lowest BCUT2D eigenvalue weighted by Crippen LogP contribution is -2.46. The second kappa shape index (κ2) is 5.53. The maximum atomic E-state index is 12.7. The number of urea groups is 1. The molecule has 6 nitrogen and oxygen atoms in total. The lowest BCUT2D eigenvalue weighted by atomic mass is 9.96. The molecule has 0 unspecified atom stereocenters. The molecule has 1 aromatic carbocycles. The quantitative estimate of drug-likeness (QED) is 0.846. The van der Waals surface area contributed by atoms with Gasteiger partial charge in [-0.05, 0) is 44.9 Å². The summed E-state index contributed by atoms with van der Waals surface area (Å²) < 4.78 is 1.15. The molecule has 1 aliphatic heterocycles. The van der Waals surface area contributed by atoms with Gasteiger partial charge >= 0.3 is 6.03 Å². The van der Waals surface area contributed by atoms with Crippen molar-refractivity contribution < 1.29 is 9.59 Å². The number of nitrogens with one attached hydrogen (secondary N) is 1. The molecule has 2 aliphatic rings. The number of fused-ring (bicyclic) bond motifs is 1. The highest BCUT2D eigenvalue weighted by molar-refractivity contribution is 7.18. The van der Waals surface area contributed by atoms with E-state index in [1.54, 1.807) is 11.3 Å². The van der Waals surface area contributed by atoms with E-state index in [1.807, 2.05) is 37.1 Å². The molecule has 0 spiro atoms. The van der Waals surface area contributed by atoms with Gasteiger partial charge in [0, 0.05) is 0 Å². The van der Waals surface area contributed by atoms with E-state index in [1.165, 1.54) is 4.90 Å². The predicted molar refractivity (Wildman–Crippen MR) is 92.5 cm³/mol. The molecule has 2 aromatic rings. The Bertz CT molecular complexity index is 783. The predicted octanol–water partition coefficient (Wildman–Crippen LogP) is 2.41. The van der Waals surface area contributed by atoms with Crippen molar-refractivity contribution in [1.82, 2.24) is 20.1 Å².